The first-order valence-corrected chi connectivity index (χ1v) is 7.95. The van der Waals surface area contributed by atoms with E-state index in [0.717, 1.165) is 5.56 Å². The van der Waals surface area contributed by atoms with Crippen molar-refractivity contribution in [1.82, 2.24) is 10.6 Å². The number of likely N-dealkylation sites (N-methyl/N-ethyl adjacent to an activating group) is 1. The van der Waals surface area contributed by atoms with Gasteiger partial charge in [0.15, 0.2) is 6.61 Å². The largest absolute Gasteiger partial charge is 0.496 e. The molecule has 0 aliphatic carbocycles. The van der Waals surface area contributed by atoms with Crippen molar-refractivity contribution in [2.45, 2.75) is 6.54 Å². The second-order valence-electron chi connectivity index (χ2n) is 5.13. The average Bonchev–Trinajstić information content (AvgIpc) is 2.64. The normalized spacial score (nSPS) is 10.0. The summed E-state index contributed by atoms with van der Waals surface area (Å²) in [4.78, 5) is 23.4. The first kappa shape index (κ1) is 18.6. The van der Waals surface area contributed by atoms with Crippen LogP contribution < -0.4 is 20.1 Å². The van der Waals surface area contributed by atoms with Crippen LogP contribution in [0.5, 0.6) is 11.5 Å². The highest BCUT2D eigenvalue weighted by Gasteiger charge is 2.12. The van der Waals surface area contributed by atoms with Gasteiger partial charge in [-0.15, -0.1) is 0 Å². The van der Waals surface area contributed by atoms with E-state index in [1.54, 1.807) is 37.4 Å². The molecule has 0 heterocycles. The fraction of sp³-hybridized carbons (Fsp3) is 0.222. The summed E-state index contributed by atoms with van der Waals surface area (Å²) in [5.41, 5.74) is 1.27. The van der Waals surface area contributed by atoms with E-state index in [1.165, 1.54) is 7.11 Å². The van der Waals surface area contributed by atoms with Gasteiger partial charge >= 0.3 is 0 Å². The third kappa shape index (κ3) is 5.39. The molecule has 2 aromatic carbocycles. The lowest BCUT2D eigenvalue weighted by atomic mass is 10.1. The van der Waals surface area contributed by atoms with Crippen LogP contribution in [0, 0.1) is 0 Å². The Bertz CT molecular complexity index is 747. The van der Waals surface area contributed by atoms with Gasteiger partial charge in [0.2, 0.25) is 0 Å². The van der Waals surface area contributed by atoms with Crippen LogP contribution in [0.4, 0.5) is 0 Å². The van der Waals surface area contributed by atoms with E-state index in [4.69, 9.17) is 21.1 Å². The van der Waals surface area contributed by atoms with Gasteiger partial charge in [-0.25, -0.2) is 0 Å². The summed E-state index contributed by atoms with van der Waals surface area (Å²) in [6, 6.07) is 12.0. The molecule has 0 unspecified atom stereocenters. The van der Waals surface area contributed by atoms with Crippen LogP contribution in [0.2, 0.25) is 5.02 Å². The Morgan fingerprint density at radius 3 is 2.48 bits per heavy atom. The molecular weight excluding hydrogens is 344 g/mol. The van der Waals surface area contributed by atoms with E-state index in [2.05, 4.69) is 10.6 Å². The molecule has 0 aliphatic rings. The number of rotatable bonds is 7. The van der Waals surface area contributed by atoms with Crippen LogP contribution in [0.3, 0.4) is 0 Å². The number of hydrogen-bond donors (Lipinski definition) is 2. The lowest BCUT2D eigenvalue weighted by Crippen LogP contribution is -2.25. The van der Waals surface area contributed by atoms with Gasteiger partial charge in [-0.2, -0.15) is 0 Å². The van der Waals surface area contributed by atoms with Gasteiger partial charge in [0, 0.05) is 18.6 Å². The minimum atomic E-state index is -0.278. The highest BCUT2D eigenvalue weighted by molar-refractivity contribution is 6.31. The van der Waals surface area contributed by atoms with Crippen LogP contribution in [-0.2, 0) is 11.3 Å². The number of halogens is 1. The molecule has 7 heteroatoms. The summed E-state index contributed by atoms with van der Waals surface area (Å²) < 4.78 is 10.5. The van der Waals surface area contributed by atoms with E-state index < -0.39 is 0 Å². The average molecular weight is 363 g/mol. The van der Waals surface area contributed by atoms with Crippen LogP contribution in [0.1, 0.15) is 15.9 Å². The van der Waals surface area contributed by atoms with Crippen molar-refractivity contribution in [1.29, 1.82) is 0 Å². The first-order valence-electron chi connectivity index (χ1n) is 7.57. The van der Waals surface area contributed by atoms with Gasteiger partial charge in [-0.05, 0) is 35.9 Å². The van der Waals surface area contributed by atoms with Crippen LogP contribution >= 0.6 is 11.6 Å². The molecule has 0 radical (unpaired) electrons. The fourth-order valence-corrected chi connectivity index (χ4v) is 2.23. The zero-order chi connectivity index (χ0) is 18.2. The summed E-state index contributed by atoms with van der Waals surface area (Å²) in [5.74, 6) is 0.557. The topological polar surface area (TPSA) is 76.7 Å². The van der Waals surface area contributed by atoms with Crippen LogP contribution in [0.25, 0.3) is 0 Å². The van der Waals surface area contributed by atoms with Gasteiger partial charge in [-0.1, -0.05) is 23.7 Å². The summed E-state index contributed by atoms with van der Waals surface area (Å²) >= 11 is 5.94. The standard InChI is InChI=1S/C18H19ClN2O4/c1-20-17(22)11-25-14-6-3-12(4-7-14)10-21-18(23)15-9-13(19)5-8-16(15)24-2/h3-9H,10-11H2,1-2H3,(H,20,22)(H,21,23). The van der Waals surface area contributed by atoms with E-state index >= 15 is 0 Å². The van der Waals surface area contributed by atoms with Gasteiger partial charge in [0.05, 0.1) is 12.7 Å². The van der Waals surface area contributed by atoms with E-state index in [-0.39, 0.29) is 18.4 Å². The maximum absolute atomic E-state index is 12.3. The molecule has 0 spiro atoms. The highest BCUT2D eigenvalue weighted by atomic mass is 35.5. The molecule has 2 rings (SSSR count). The number of carbonyl (C=O) groups is 2. The van der Waals surface area contributed by atoms with Crippen molar-refractivity contribution in [3.8, 4) is 11.5 Å². The van der Waals surface area contributed by atoms with E-state index in [1.807, 2.05) is 12.1 Å². The minimum absolute atomic E-state index is 0.0405. The molecule has 2 aromatic rings. The summed E-state index contributed by atoms with van der Waals surface area (Å²) in [5, 5.41) is 5.75. The van der Waals surface area contributed by atoms with Crippen molar-refractivity contribution in [3.63, 3.8) is 0 Å². The summed E-state index contributed by atoms with van der Waals surface area (Å²) in [7, 11) is 3.05. The molecule has 0 aromatic heterocycles. The van der Waals surface area contributed by atoms with Crippen LogP contribution in [-0.4, -0.2) is 32.6 Å². The zero-order valence-electron chi connectivity index (χ0n) is 14.0. The molecule has 0 aliphatic heterocycles. The molecule has 0 atom stereocenters. The molecule has 2 amide bonds. The van der Waals surface area contributed by atoms with E-state index in [9.17, 15) is 9.59 Å². The predicted molar refractivity (Wildman–Crippen MR) is 95.2 cm³/mol. The second-order valence-corrected chi connectivity index (χ2v) is 5.57. The number of amides is 2. The lowest BCUT2D eigenvalue weighted by Gasteiger charge is -2.10. The molecule has 2 N–H and O–H groups in total. The summed E-state index contributed by atoms with van der Waals surface area (Å²) in [6.45, 7) is 0.297. The van der Waals surface area contributed by atoms with Crippen molar-refractivity contribution in [3.05, 3.63) is 58.6 Å². The van der Waals surface area contributed by atoms with Crippen molar-refractivity contribution in [2.24, 2.45) is 0 Å². The highest BCUT2D eigenvalue weighted by Crippen LogP contribution is 2.22. The Labute approximate surface area is 151 Å². The third-order valence-corrected chi connectivity index (χ3v) is 3.67. The van der Waals surface area contributed by atoms with Gasteiger partial charge in [0.25, 0.3) is 11.8 Å². The minimum Gasteiger partial charge on any atom is -0.496 e. The number of hydrogen-bond acceptors (Lipinski definition) is 4. The molecule has 25 heavy (non-hydrogen) atoms. The number of benzene rings is 2. The number of nitrogens with one attached hydrogen (secondary N) is 2. The maximum atomic E-state index is 12.3. The Hall–Kier alpha value is -2.73. The molecular formula is C18H19ClN2O4. The van der Waals surface area contributed by atoms with Crippen molar-refractivity contribution < 1.29 is 19.1 Å². The third-order valence-electron chi connectivity index (χ3n) is 3.43. The van der Waals surface area contributed by atoms with Gasteiger partial charge in [0.1, 0.15) is 11.5 Å². The first-order chi connectivity index (χ1) is 12.0. The Morgan fingerprint density at radius 2 is 1.84 bits per heavy atom. The van der Waals surface area contributed by atoms with Crippen LogP contribution in [0.15, 0.2) is 42.5 Å². The lowest BCUT2D eigenvalue weighted by molar-refractivity contribution is -0.122. The molecule has 0 bridgehead atoms. The van der Waals surface area contributed by atoms with Gasteiger partial charge < -0.3 is 20.1 Å². The predicted octanol–water partition coefficient (Wildman–Crippen LogP) is 2.40. The number of carbonyl (C=O) groups excluding carboxylic acids is 2. The van der Waals surface area contributed by atoms with E-state index in [0.29, 0.717) is 28.6 Å². The monoisotopic (exact) mass is 362 g/mol. The van der Waals surface area contributed by atoms with Gasteiger partial charge in [-0.3, -0.25) is 9.59 Å². The molecule has 0 saturated heterocycles. The maximum Gasteiger partial charge on any atom is 0.257 e. The second kappa shape index (κ2) is 8.94. The Morgan fingerprint density at radius 1 is 1.12 bits per heavy atom. The Balaban J connectivity index is 1.94. The van der Waals surface area contributed by atoms with Crippen molar-refractivity contribution in [2.75, 3.05) is 20.8 Å². The summed E-state index contributed by atoms with van der Waals surface area (Å²) in [6.07, 6.45) is 0. The smallest absolute Gasteiger partial charge is 0.257 e. The molecule has 0 fully saturated rings. The SMILES string of the molecule is CNC(=O)COc1ccc(CNC(=O)c2cc(Cl)ccc2OC)cc1. The fourth-order valence-electron chi connectivity index (χ4n) is 2.06. The van der Waals surface area contributed by atoms with Crippen molar-refractivity contribution >= 4 is 23.4 Å². The number of ether oxygens (including phenoxy) is 2. The zero-order valence-corrected chi connectivity index (χ0v) is 14.7. The number of methoxy groups -OCH3 is 1. The Kier molecular flexibility index (Phi) is 6.65. The molecule has 0 saturated carbocycles. The molecule has 132 valence electrons. The molecule has 6 nitrogen and oxygen atoms in total. The quantitative estimate of drug-likeness (QED) is 0.793.